The predicted octanol–water partition coefficient (Wildman–Crippen LogP) is 2.81. The van der Waals surface area contributed by atoms with E-state index in [0.717, 1.165) is 18.8 Å². The summed E-state index contributed by atoms with van der Waals surface area (Å²) >= 11 is 0. The summed E-state index contributed by atoms with van der Waals surface area (Å²) in [5.74, 6) is 1.03. The summed E-state index contributed by atoms with van der Waals surface area (Å²) in [5.41, 5.74) is 1.31. The monoisotopic (exact) mass is 150 g/mol. The molecule has 1 heteroatoms. The van der Waals surface area contributed by atoms with Crippen LogP contribution in [0.3, 0.4) is 0 Å². The van der Waals surface area contributed by atoms with Crippen molar-refractivity contribution in [2.45, 2.75) is 20.3 Å². The third-order valence-corrected chi connectivity index (χ3v) is 1.63. The van der Waals surface area contributed by atoms with Gasteiger partial charge in [0.1, 0.15) is 5.76 Å². The van der Waals surface area contributed by atoms with Gasteiger partial charge in [0.05, 0.1) is 6.61 Å². The SMILES string of the molecule is C/C=C\C1=C(/C=C/C)CCO1. The molecule has 1 rings (SSSR count). The largest absolute Gasteiger partial charge is 0.493 e. The molecule has 0 saturated heterocycles. The van der Waals surface area contributed by atoms with Gasteiger partial charge in [0.25, 0.3) is 0 Å². The fraction of sp³-hybridized carbons (Fsp3) is 0.400. The second-order valence-electron chi connectivity index (χ2n) is 2.49. The molecule has 0 spiro atoms. The lowest BCUT2D eigenvalue weighted by atomic mass is 10.2. The molecule has 0 amide bonds. The highest BCUT2D eigenvalue weighted by atomic mass is 16.5. The molecule has 0 aromatic carbocycles. The molecule has 0 radical (unpaired) electrons. The number of rotatable bonds is 2. The van der Waals surface area contributed by atoms with E-state index in [0.29, 0.717) is 0 Å². The molecule has 0 aromatic rings. The molecule has 0 saturated carbocycles. The van der Waals surface area contributed by atoms with E-state index in [9.17, 15) is 0 Å². The van der Waals surface area contributed by atoms with Crippen molar-refractivity contribution in [3.8, 4) is 0 Å². The third-order valence-electron chi connectivity index (χ3n) is 1.63. The molecular weight excluding hydrogens is 136 g/mol. The van der Waals surface area contributed by atoms with Crippen LogP contribution in [0.4, 0.5) is 0 Å². The first-order chi connectivity index (χ1) is 5.38. The highest BCUT2D eigenvalue weighted by molar-refractivity contribution is 5.31. The van der Waals surface area contributed by atoms with Crippen LogP contribution in [0.5, 0.6) is 0 Å². The highest BCUT2D eigenvalue weighted by Crippen LogP contribution is 2.20. The van der Waals surface area contributed by atoms with Crippen molar-refractivity contribution in [1.82, 2.24) is 0 Å². The zero-order chi connectivity index (χ0) is 8.10. The van der Waals surface area contributed by atoms with E-state index >= 15 is 0 Å². The molecule has 1 aliphatic heterocycles. The number of hydrogen-bond donors (Lipinski definition) is 0. The average molecular weight is 150 g/mol. The fourth-order valence-electron chi connectivity index (χ4n) is 1.16. The Morgan fingerprint density at radius 2 is 1.91 bits per heavy atom. The summed E-state index contributed by atoms with van der Waals surface area (Å²) in [4.78, 5) is 0. The van der Waals surface area contributed by atoms with Crippen LogP contribution in [-0.4, -0.2) is 6.61 Å². The van der Waals surface area contributed by atoms with Crippen molar-refractivity contribution in [2.24, 2.45) is 0 Å². The zero-order valence-corrected chi connectivity index (χ0v) is 7.13. The molecule has 60 valence electrons. The normalized spacial score (nSPS) is 18.7. The van der Waals surface area contributed by atoms with Gasteiger partial charge in [-0.05, 0) is 25.5 Å². The van der Waals surface area contributed by atoms with Crippen molar-refractivity contribution >= 4 is 0 Å². The molecule has 11 heavy (non-hydrogen) atoms. The van der Waals surface area contributed by atoms with E-state index in [1.54, 1.807) is 0 Å². The summed E-state index contributed by atoms with van der Waals surface area (Å²) in [6.45, 7) is 4.86. The molecule has 0 aromatic heterocycles. The van der Waals surface area contributed by atoms with E-state index in [1.807, 2.05) is 32.1 Å². The van der Waals surface area contributed by atoms with Gasteiger partial charge >= 0.3 is 0 Å². The lowest BCUT2D eigenvalue weighted by molar-refractivity contribution is 0.257. The minimum Gasteiger partial charge on any atom is -0.493 e. The van der Waals surface area contributed by atoms with E-state index in [-0.39, 0.29) is 0 Å². The molecule has 1 heterocycles. The fourth-order valence-corrected chi connectivity index (χ4v) is 1.16. The second kappa shape index (κ2) is 4.02. The zero-order valence-electron chi connectivity index (χ0n) is 7.13. The van der Waals surface area contributed by atoms with Crippen LogP contribution in [0.15, 0.2) is 35.6 Å². The minimum absolute atomic E-state index is 0.833. The number of hydrogen-bond acceptors (Lipinski definition) is 1. The summed E-state index contributed by atoms with van der Waals surface area (Å²) in [6.07, 6.45) is 9.23. The topological polar surface area (TPSA) is 9.23 Å². The van der Waals surface area contributed by atoms with E-state index in [4.69, 9.17) is 4.74 Å². The van der Waals surface area contributed by atoms with Crippen LogP contribution in [0.1, 0.15) is 20.3 Å². The van der Waals surface area contributed by atoms with Gasteiger partial charge in [0.2, 0.25) is 0 Å². The lowest BCUT2D eigenvalue weighted by Gasteiger charge is -1.95. The molecule has 0 atom stereocenters. The smallest absolute Gasteiger partial charge is 0.122 e. The van der Waals surface area contributed by atoms with Crippen LogP contribution in [0.2, 0.25) is 0 Å². The molecule has 1 aliphatic rings. The quantitative estimate of drug-likeness (QED) is 0.588. The number of ether oxygens (including phenoxy) is 1. The summed E-state index contributed by atoms with van der Waals surface area (Å²) in [7, 11) is 0. The van der Waals surface area contributed by atoms with Crippen molar-refractivity contribution in [3.05, 3.63) is 35.6 Å². The van der Waals surface area contributed by atoms with Crippen molar-refractivity contribution in [2.75, 3.05) is 6.61 Å². The molecule has 0 unspecified atom stereocenters. The highest BCUT2D eigenvalue weighted by Gasteiger charge is 2.09. The Morgan fingerprint density at radius 3 is 2.55 bits per heavy atom. The maximum absolute atomic E-state index is 5.40. The van der Waals surface area contributed by atoms with Crippen LogP contribution in [-0.2, 0) is 4.74 Å². The van der Waals surface area contributed by atoms with Gasteiger partial charge in [-0.1, -0.05) is 18.2 Å². The molecular formula is C10H14O. The Kier molecular flexibility index (Phi) is 2.96. The first kappa shape index (κ1) is 8.12. The Hall–Kier alpha value is -0.980. The Labute approximate surface area is 68.1 Å². The second-order valence-corrected chi connectivity index (χ2v) is 2.49. The average Bonchev–Trinajstić information content (AvgIpc) is 2.39. The van der Waals surface area contributed by atoms with Crippen LogP contribution in [0.25, 0.3) is 0 Å². The van der Waals surface area contributed by atoms with E-state index in [2.05, 4.69) is 6.08 Å². The van der Waals surface area contributed by atoms with Gasteiger partial charge in [-0.3, -0.25) is 0 Å². The van der Waals surface area contributed by atoms with Crippen molar-refractivity contribution < 1.29 is 4.74 Å². The Bertz CT molecular complexity index is 187. The standard InChI is InChI=1S/C10H14O/c1-3-5-9-7-8-11-10(9)6-4-2/h3-6H,7-8H2,1-2H3/b5-3+,6-4-. The van der Waals surface area contributed by atoms with Crippen molar-refractivity contribution in [3.63, 3.8) is 0 Å². The molecule has 0 aliphatic carbocycles. The van der Waals surface area contributed by atoms with E-state index in [1.165, 1.54) is 5.57 Å². The van der Waals surface area contributed by atoms with Gasteiger partial charge < -0.3 is 4.74 Å². The molecule has 1 nitrogen and oxygen atoms in total. The predicted molar refractivity (Wildman–Crippen MR) is 47.2 cm³/mol. The lowest BCUT2D eigenvalue weighted by Crippen LogP contribution is -1.79. The summed E-state index contributed by atoms with van der Waals surface area (Å²) < 4.78 is 5.40. The Balaban J connectivity index is 2.77. The Morgan fingerprint density at radius 1 is 1.18 bits per heavy atom. The molecule has 0 fully saturated rings. The van der Waals surface area contributed by atoms with E-state index < -0.39 is 0 Å². The minimum atomic E-state index is 0.833. The summed E-state index contributed by atoms with van der Waals surface area (Å²) in [5, 5.41) is 0. The van der Waals surface area contributed by atoms with Gasteiger partial charge in [-0.15, -0.1) is 0 Å². The van der Waals surface area contributed by atoms with Gasteiger partial charge in [0, 0.05) is 6.42 Å². The molecule has 0 N–H and O–H groups in total. The maximum Gasteiger partial charge on any atom is 0.122 e. The summed E-state index contributed by atoms with van der Waals surface area (Å²) in [6, 6.07) is 0. The van der Waals surface area contributed by atoms with Gasteiger partial charge in [-0.25, -0.2) is 0 Å². The van der Waals surface area contributed by atoms with Crippen molar-refractivity contribution in [1.29, 1.82) is 0 Å². The third kappa shape index (κ3) is 1.97. The van der Waals surface area contributed by atoms with Crippen LogP contribution >= 0.6 is 0 Å². The van der Waals surface area contributed by atoms with Crippen LogP contribution in [0, 0.1) is 0 Å². The maximum atomic E-state index is 5.40. The van der Waals surface area contributed by atoms with Crippen LogP contribution < -0.4 is 0 Å². The first-order valence-corrected chi connectivity index (χ1v) is 4.00. The first-order valence-electron chi connectivity index (χ1n) is 4.00. The van der Waals surface area contributed by atoms with Gasteiger partial charge in [-0.2, -0.15) is 0 Å². The number of allylic oxidation sites excluding steroid dienone is 4. The van der Waals surface area contributed by atoms with Gasteiger partial charge in [0.15, 0.2) is 0 Å². The molecule has 0 bridgehead atoms.